The molecule has 2 aromatic heterocycles. The second kappa shape index (κ2) is 11.8. The topological polar surface area (TPSA) is 115 Å². The number of ketones is 3. The van der Waals surface area contributed by atoms with E-state index in [1.807, 2.05) is 0 Å². The monoisotopic (exact) mass is 489 g/mol. The quantitative estimate of drug-likeness (QED) is 0.361. The van der Waals surface area contributed by atoms with Crippen LogP contribution >= 0.6 is 0 Å². The third-order valence-electron chi connectivity index (χ3n) is 4.30. The Labute approximate surface area is 200 Å². The molecule has 1 radical (unpaired) electrons. The van der Waals surface area contributed by atoms with Gasteiger partial charge in [-0.2, -0.15) is 6.92 Å². The average molecular weight is 489 g/mol. The van der Waals surface area contributed by atoms with Crippen LogP contribution in [0.2, 0.25) is 0 Å². The van der Waals surface area contributed by atoms with Crippen LogP contribution in [0.25, 0.3) is 0 Å². The normalized spacial score (nSPS) is 10.2. The SMILES string of the molecule is [CH2-]C(=O)c1cc(CC(=O)CCNC(=O)c2nc(NCCC(C)=O)cn2C)cn1C.[Y]. The van der Waals surface area contributed by atoms with Crippen molar-refractivity contribution < 1.29 is 51.9 Å². The van der Waals surface area contributed by atoms with E-state index in [0.717, 1.165) is 5.56 Å². The molecule has 0 saturated heterocycles. The molecule has 0 unspecified atom stereocenters. The van der Waals surface area contributed by atoms with Crippen LogP contribution < -0.4 is 10.6 Å². The zero-order chi connectivity index (χ0) is 21.6. The Morgan fingerprint density at radius 1 is 1.07 bits per heavy atom. The molecule has 0 atom stereocenters. The summed E-state index contributed by atoms with van der Waals surface area (Å²) in [4.78, 5) is 51.0. The van der Waals surface area contributed by atoms with Gasteiger partial charge in [-0.25, -0.2) is 4.98 Å². The van der Waals surface area contributed by atoms with Gasteiger partial charge in [-0.15, -0.1) is 6.07 Å². The number of aryl methyl sites for hydroxylation is 2. The van der Waals surface area contributed by atoms with E-state index in [9.17, 15) is 19.2 Å². The van der Waals surface area contributed by atoms with E-state index in [1.165, 1.54) is 6.92 Å². The minimum Gasteiger partial charge on any atom is -0.425 e. The molecule has 2 rings (SSSR count). The van der Waals surface area contributed by atoms with Crippen molar-refractivity contribution in [3.8, 4) is 0 Å². The zero-order valence-electron chi connectivity index (χ0n) is 17.5. The first-order valence-corrected chi connectivity index (χ1v) is 9.25. The molecule has 30 heavy (non-hydrogen) atoms. The van der Waals surface area contributed by atoms with Crippen LogP contribution in [-0.4, -0.2) is 50.5 Å². The molecule has 0 aromatic carbocycles. The Morgan fingerprint density at radius 3 is 2.37 bits per heavy atom. The van der Waals surface area contributed by atoms with Crippen molar-refractivity contribution in [2.24, 2.45) is 14.1 Å². The molecule has 0 fully saturated rings. The maximum Gasteiger partial charge on any atom is 0.287 e. The minimum atomic E-state index is -0.385. The summed E-state index contributed by atoms with van der Waals surface area (Å²) in [5.74, 6) is 0.0543. The predicted octanol–water partition coefficient (Wildman–Crippen LogP) is 1.10. The molecule has 1 amide bonds. The first-order valence-electron chi connectivity index (χ1n) is 9.25. The van der Waals surface area contributed by atoms with E-state index in [4.69, 9.17) is 0 Å². The van der Waals surface area contributed by atoms with Crippen molar-refractivity contribution in [3.63, 3.8) is 0 Å². The number of hydrogen-bond donors (Lipinski definition) is 2. The molecule has 2 N–H and O–H groups in total. The summed E-state index contributed by atoms with van der Waals surface area (Å²) in [5, 5.41) is 5.68. The van der Waals surface area contributed by atoms with Crippen LogP contribution in [0, 0.1) is 6.92 Å². The van der Waals surface area contributed by atoms with Gasteiger partial charge in [0.15, 0.2) is 0 Å². The number of rotatable bonds is 11. The second-order valence-corrected chi connectivity index (χ2v) is 6.93. The number of nitrogens with one attached hydrogen (secondary N) is 2. The summed E-state index contributed by atoms with van der Waals surface area (Å²) in [6, 6.07) is 1.65. The van der Waals surface area contributed by atoms with Crippen LogP contribution in [-0.2, 0) is 62.8 Å². The molecule has 2 heterocycles. The van der Waals surface area contributed by atoms with E-state index in [1.54, 1.807) is 41.7 Å². The molecular formula is C20H26N5O4Y-. The summed E-state index contributed by atoms with van der Waals surface area (Å²) in [7, 11) is 3.42. The van der Waals surface area contributed by atoms with Gasteiger partial charge in [-0.1, -0.05) is 5.69 Å². The number of hydrogen-bond acceptors (Lipinski definition) is 6. The van der Waals surface area contributed by atoms with Gasteiger partial charge >= 0.3 is 0 Å². The third kappa shape index (κ3) is 7.53. The number of nitrogens with zero attached hydrogens (tertiary/aromatic N) is 3. The Kier molecular flexibility index (Phi) is 10.1. The number of aromatic nitrogens is 3. The largest absolute Gasteiger partial charge is 0.425 e. The van der Waals surface area contributed by atoms with Crippen LogP contribution in [0.5, 0.6) is 0 Å². The minimum absolute atomic E-state index is 0. The van der Waals surface area contributed by atoms with E-state index in [-0.39, 0.29) is 81.2 Å². The molecular weight excluding hydrogens is 463 g/mol. The van der Waals surface area contributed by atoms with Crippen LogP contribution in [0.1, 0.15) is 46.4 Å². The molecule has 0 aliphatic heterocycles. The molecule has 0 aliphatic carbocycles. The molecule has 0 bridgehead atoms. The standard InChI is InChI=1S/C20H26N5O4.Y/c1-13(26)5-7-21-18-12-25(4)19(23-18)20(29)22-8-6-16(28)9-15-10-17(14(2)27)24(3)11-15;/h10-12,21H,2,5-9H2,1,3-4H3,(H,22,29);/q-1;. The van der Waals surface area contributed by atoms with Crippen molar-refractivity contribution in [2.45, 2.75) is 26.2 Å². The molecule has 0 spiro atoms. The Morgan fingerprint density at radius 2 is 1.77 bits per heavy atom. The van der Waals surface area contributed by atoms with Gasteiger partial charge in [0.2, 0.25) is 5.82 Å². The summed E-state index contributed by atoms with van der Waals surface area (Å²) in [6.07, 6.45) is 4.12. The van der Waals surface area contributed by atoms with E-state index in [2.05, 4.69) is 22.5 Å². The molecule has 159 valence electrons. The first-order chi connectivity index (χ1) is 13.7. The van der Waals surface area contributed by atoms with Crippen molar-refractivity contribution in [1.29, 1.82) is 0 Å². The fourth-order valence-electron chi connectivity index (χ4n) is 2.85. The Hall–Kier alpha value is -2.26. The van der Waals surface area contributed by atoms with Crippen LogP contribution in [0.15, 0.2) is 18.5 Å². The molecule has 0 aliphatic rings. The Bertz CT molecular complexity index is 932. The maximum absolute atomic E-state index is 12.3. The van der Waals surface area contributed by atoms with Crippen molar-refractivity contribution in [1.82, 2.24) is 19.4 Å². The van der Waals surface area contributed by atoms with Crippen molar-refractivity contribution >= 4 is 29.1 Å². The van der Waals surface area contributed by atoms with Gasteiger partial charge < -0.3 is 24.6 Å². The van der Waals surface area contributed by atoms with Gasteiger partial charge in [-0.3, -0.25) is 14.4 Å². The summed E-state index contributed by atoms with van der Waals surface area (Å²) >= 11 is 0. The predicted molar refractivity (Wildman–Crippen MR) is 108 cm³/mol. The molecule has 0 saturated carbocycles. The molecule has 10 heteroatoms. The summed E-state index contributed by atoms with van der Waals surface area (Å²) < 4.78 is 3.22. The second-order valence-electron chi connectivity index (χ2n) is 6.93. The van der Waals surface area contributed by atoms with Crippen molar-refractivity contribution in [3.05, 3.63) is 42.5 Å². The number of carbonyl (C=O) groups is 4. The average Bonchev–Trinajstić information content (AvgIpc) is 3.17. The number of imidazole rings is 1. The zero-order valence-corrected chi connectivity index (χ0v) is 20.4. The van der Waals surface area contributed by atoms with Crippen LogP contribution in [0.4, 0.5) is 5.82 Å². The molecule has 2 aromatic rings. The fraction of sp³-hybridized carbons (Fsp3) is 0.400. The summed E-state index contributed by atoms with van der Waals surface area (Å²) in [6.45, 7) is 5.52. The van der Waals surface area contributed by atoms with Gasteiger partial charge in [-0.05, 0) is 25.7 Å². The van der Waals surface area contributed by atoms with Gasteiger partial charge in [0, 0.05) is 84.1 Å². The van der Waals surface area contributed by atoms with E-state index < -0.39 is 0 Å². The smallest absolute Gasteiger partial charge is 0.287 e. The first kappa shape index (κ1) is 25.8. The number of Topliss-reactive ketones (excluding diaryl/α,β-unsaturated/α-hetero) is 3. The van der Waals surface area contributed by atoms with Crippen molar-refractivity contribution in [2.75, 3.05) is 18.4 Å². The Balaban J connectivity index is 0.00000450. The van der Waals surface area contributed by atoms with Gasteiger partial charge in [0.1, 0.15) is 17.4 Å². The van der Waals surface area contributed by atoms with Crippen LogP contribution in [0.3, 0.4) is 0 Å². The maximum atomic E-state index is 12.3. The van der Waals surface area contributed by atoms with E-state index >= 15 is 0 Å². The summed E-state index contributed by atoms with van der Waals surface area (Å²) in [5.41, 5.74) is 1.19. The number of anilines is 1. The van der Waals surface area contributed by atoms with Gasteiger partial charge in [0.25, 0.3) is 5.91 Å². The third-order valence-corrected chi connectivity index (χ3v) is 4.30. The number of carbonyl (C=O) groups excluding carboxylic acids is 4. The van der Waals surface area contributed by atoms with Gasteiger partial charge in [0.05, 0.1) is 0 Å². The number of amides is 1. The fourth-order valence-corrected chi connectivity index (χ4v) is 2.85. The molecule has 9 nitrogen and oxygen atoms in total. The van der Waals surface area contributed by atoms with E-state index in [0.29, 0.717) is 24.5 Å².